The normalized spacial score (nSPS) is 10.6. The number of carbonyl (C=O) groups is 1. The van der Waals surface area contributed by atoms with E-state index in [4.69, 9.17) is 5.73 Å². The van der Waals surface area contributed by atoms with Crippen LogP contribution in [0.25, 0.3) is 0 Å². The number of amides is 1. The minimum atomic E-state index is -0.0492. The van der Waals surface area contributed by atoms with Gasteiger partial charge in [-0.05, 0) is 32.0 Å². The van der Waals surface area contributed by atoms with Crippen molar-refractivity contribution in [3.05, 3.63) is 47.5 Å². The highest BCUT2D eigenvalue weighted by molar-refractivity contribution is 5.93. The number of aryl methyl sites for hydroxylation is 2. The van der Waals surface area contributed by atoms with Crippen LogP contribution in [0.1, 0.15) is 28.8 Å². The highest BCUT2D eigenvalue weighted by Gasteiger charge is 2.17. The van der Waals surface area contributed by atoms with Gasteiger partial charge < -0.3 is 15.2 Å². The molecule has 2 N–H and O–H groups in total. The fourth-order valence-electron chi connectivity index (χ4n) is 2.17. The minimum absolute atomic E-state index is 0.0492. The number of rotatable bonds is 4. The lowest BCUT2D eigenvalue weighted by atomic mass is 10.3. The fraction of sp³-hybridized carbons (Fsp3) is 0.333. The van der Waals surface area contributed by atoms with E-state index in [0.29, 0.717) is 17.9 Å². The maximum Gasteiger partial charge on any atom is 0.270 e. The third-order valence-electron chi connectivity index (χ3n) is 3.17. The van der Waals surface area contributed by atoms with E-state index in [1.54, 1.807) is 24.2 Å². The largest absolute Gasteiger partial charge is 0.397 e. The third kappa shape index (κ3) is 2.99. The predicted octanol–water partition coefficient (Wildman–Crippen LogP) is 2.07. The van der Waals surface area contributed by atoms with Gasteiger partial charge in [-0.3, -0.25) is 9.78 Å². The molecule has 5 heteroatoms. The summed E-state index contributed by atoms with van der Waals surface area (Å²) in [5.74, 6) is -0.0492. The highest BCUT2D eigenvalue weighted by atomic mass is 16.2. The lowest BCUT2D eigenvalue weighted by Gasteiger charge is -2.17. The summed E-state index contributed by atoms with van der Waals surface area (Å²) in [6.45, 7) is 5.12. The summed E-state index contributed by atoms with van der Waals surface area (Å²) in [5, 5.41) is 0. The molecular weight excluding hydrogens is 252 g/mol. The molecule has 0 aromatic carbocycles. The van der Waals surface area contributed by atoms with E-state index >= 15 is 0 Å². The number of anilines is 1. The lowest BCUT2D eigenvalue weighted by molar-refractivity contribution is 0.0772. The molecule has 0 aliphatic heterocycles. The molecule has 0 fully saturated rings. The van der Waals surface area contributed by atoms with E-state index < -0.39 is 0 Å². The molecule has 0 saturated heterocycles. The van der Waals surface area contributed by atoms with Crippen molar-refractivity contribution in [2.24, 2.45) is 0 Å². The number of hydrogen-bond donors (Lipinski definition) is 1. The third-order valence-corrected chi connectivity index (χ3v) is 3.17. The first kappa shape index (κ1) is 14.1. The van der Waals surface area contributed by atoms with Crippen LogP contribution in [0.5, 0.6) is 0 Å². The van der Waals surface area contributed by atoms with Gasteiger partial charge in [0.05, 0.1) is 17.9 Å². The van der Waals surface area contributed by atoms with Crippen LogP contribution < -0.4 is 5.73 Å². The summed E-state index contributed by atoms with van der Waals surface area (Å²) in [4.78, 5) is 18.5. The summed E-state index contributed by atoms with van der Waals surface area (Å²) >= 11 is 0. The van der Waals surface area contributed by atoms with Crippen molar-refractivity contribution < 1.29 is 4.79 Å². The smallest absolute Gasteiger partial charge is 0.270 e. The lowest BCUT2D eigenvalue weighted by Crippen LogP contribution is -2.28. The van der Waals surface area contributed by atoms with Crippen molar-refractivity contribution >= 4 is 11.6 Å². The minimum Gasteiger partial charge on any atom is -0.397 e. The number of pyridine rings is 1. The van der Waals surface area contributed by atoms with Gasteiger partial charge in [0.15, 0.2) is 0 Å². The topological polar surface area (TPSA) is 64.2 Å². The van der Waals surface area contributed by atoms with E-state index in [9.17, 15) is 4.79 Å². The van der Waals surface area contributed by atoms with Crippen molar-refractivity contribution in [1.82, 2.24) is 14.5 Å². The molecule has 0 unspecified atom stereocenters. The first-order valence-electron chi connectivity index (χ1n) is 6.65. The van der Waals surface area contributed by atoms with Crippen LogP contribution in [0, 0.1) is 6.92 Å². The van der Waals surface area contributed by atoms with Gasteiger partial charge >= 0.3 is 0 Å². The summed E-state index contributed by atoms with van der Waals surface area (Å²) < 4.78 is 1.86. The van der Waals surface area contributed by atoms with Crippen LogP contribution >= 0.6 is 0 Å². The Morgan fingerprint density at radius 2 is 2.20 bits per heavy atom. The van der Waals surface area contributed by atoms with Crippen molar-refractivity contribution in [1.29, 1.82) is 0 Å². The van der Waals surface area contributed by atoms with Crippen molar-refractivity contribution in [3.8, 4) is 0 Å². The van der Waals surface area contributed by atoms with Gasteiger partial charge in [-0.2, -0.15) is 0 Å². The van der Waals surface area contributed by atoms with Crippen LogP contribution in [0.4, 0.5) is 5.69 Å². The Hall–Kier alpha value is -2.30. The van der Waals surface area contributed by atoms with Crippen molar-refractivity contribution in [3.63, 3.8) is 0 Å². The Labute approximate surface area is 119 Å². The fourth-order valence-corrected chi connectivity index (χ4v) is 2.17. The monoisotopic (exact) mass is 272 g/mol. The van der Waals surface area contributed by atoms with E-state index in [0.717, 1.165) is 17.9 Å². The van der Waals surface area contributed by atoms with Crippen LogP contribution in [0.15, 0.2) is 30.5 Å². The van der Waals surface area contributed by atoms with E-state index in [-0.39, 0.29) is 5.91 Å². The SMILES string of the molecule is CCn1cc(N)cc1C(=O)N(C)Cc1cccc(C)n1. The van der Waals surface area contributed by atoms with Crippen LogP contribution in [0.3, 0.4) is 0 Å². The molecule has 2 rings (SSSR count). The zero-order valence-electron chi connectivity index (χ0n) is 12.1. The molecule has 2 aromatic rings. The van der Waals surface area contributed by atoms with Gasteiger partial charge in [0.1, 0.15) is 5.69 Å². The van der Waals surface area contributed by atoms with E-state index in [2.05, 4.69) is 4.98 Å². The Balaban J connectivity index is 2.16. The molecule has 0 saturated carbocycles. The zero-order valence-corrected chi connectivity index (χ0v) is 12.1. The summed E-state index contributed by atoms with van der Waals surface area (Å²) in [6, 6.07) is 7.52. The molecular formula is C15H20N4O. The van der Waals surface area contributed by atoms with Gasteiger partial charge in [-0.25, -0.2) is 0 Å². The van der Waals surface area contributed by atoms with Gasteiger partial charge in [-0.15, -0.1) is 0 Å². The first-order valence-corrected chi connectivity index (χ1v) is 6.65. The second kappa shape index (κ2) is 5.77. The molecule has 0 aliphatic carbocycles. The molecule has 2 aromatic heterocycles. The quantitative estimate of drug-likeness (QED) is 0.926. The molecule has 0 atom stereocenters. The molecule has 1 amide bonds. The Bertz CT molecular complexity index is 618. The molecule has 0 spiro atoms. The standard InChI is InChI=1S/C15H20N4O/c1-4-19-9-12(16)8-14(19)15(20)18(3)10-13-7-5-6-11(2)17-13/h5-9H,4,10,16H2,1-3H3. The average molecular weight is 272 g/mol. The van der Waals surface area contributed by atoms with Gasteiger partial charge in [0.2, 0.25) is 0 Å². The molecule has 106 valence electrons. The summed E-state index contributed by atoms with van der Waals surface area (Å²) in [5.41, 5.74) is 8.81. The molecule has 0 radical (unpaired) electrons. The molecule has 2 heterocycles. The van der Waals surface area contributed by atoms with Crippen LogP contribution in [0.2, 0.25) is 0 Å². The highest BCUT2D eigenvalue weighted by Crippen LogP contribution is 2.14. The predicted molar refractivity (Wildman–Crippen MR) is 79.3 cm³/mol. The maximum atomic E-state index is 12.4. The Kier molecular flexibility index (Phi) is 4.08. The van der Waals surface area contributed by atoms with Gasteiger partial charge in [0.25, 0.3) is 5.91 Å². The molecule has 5 nitrogen and oxygen atoms in total. The van der Waals surface area contributed by atoms with Gasteiger partial charge in [0, 0.05) is 25.5 Å². The van der Waals surface area contributed by atoms with E-state index in [1.165, 1.54) is 0 Å². The maximum absolute atomic E-state index is 12.4. The number of nitrogen functional groups attached to an aromatic ring is 1. The second-order valence-corrected chi connectivity index (χ2v) is 4.88. The second-order valence-electron chi connectivity index (χ2n) is 4.88. The number of nitrogens with two attached hydrogens (primary N) is 1. The average Bonchev–Trinajstić information content (AvgIpc) is 2.79. The van der Waals surface area contributed by atoms with Gasteiger partial charge in [-0.1, -0.05) is 6.07 Å². The molecule has 20 heavy (non-hydrogen) atoms. The molecule has 0 bridgehead atoms. The van der Waals surface area contributed by atoms with Crippen molar-refractivity contribution in [2.75, 3.05) is 12.8 Å². The Morgan fingerprint density at radius 3 is 2.85 bits per heavy atom. The number of nitrogens with zero attached hydrogens (tertiary/aromatic N) is 3. The van der Waals surface area contributed by atoms with E-state index in [1.807, 2.05) is 36.6 Å². The Morgan fingerprint density at radius 1 is 1.45 bits per heavy atom. The van der Waals surface area contributed by atoms with Crippen LogP contribution in [-0.4, -0.2) is 27.4 Å². The van der Waals surface area contributed by atoms with Crippen molar-refractivity contribution in [2.45, 2.75) is 26.9 Å². The summed E-state index contributed by atoms with van der Waals surface area (Å²) in [6.07, 6.45) is 1.78. The molecule has 0 aliphatic rings. The number of hydrogen-bond acceptors (Lipinski definition) is 3. The van der Waals surface area contributed by atoms with Crippen LogP contribution in [-0.2, 0) is 13.1 Å². The zero-order chi connectivity index (χ0) is 14.7. The first-order chi connectivity index (χ1) is 9.51. The summed E-state index contributed by atoms with van der Waals surface area (Å²) in [7, 11) is 1.77. The number of carbonyl (C=O) groups excluding carboxylic acids is 1. The number of aromatic nitrogens is 2.